The smallest absolute Gasteiger partial charge is 0.115 e. The average molecular weight is 360 g/mol. The number of rotatable bonds is 2. The van der Waals surface area contributed by atoms with E-state index >= 15 is 0 Å². The summed E-state index contributed by atoms with van der Waals surface area (Å²) in [6, 6.07) is 23.9. The molecule has 1 N–H and O–H groups in total. The maximum Gasteiger partial charge on any atom is 0.115 e. The molecule has 0 unspecified atom stereocenters. The summed E-state index contributed by atoms with van der Waals surface area (Å²) in [5, 5.41) is 6.08. The van der Waals surface area contributed by atoms with Crippen LogP contribution in [0.25, 0.3) is 0 Å². The summed E-state index contributed by atoms with van der Waals surface area (Å²) in [4.78, 5) is 7.35. The molecule has 1 saturated carbocycles. The second-order valence-corrected chi connectivity index (χ2v) is 6.57. The third-order valence-corrected chi connectivity index (χ3v) is 4.84. The topological polar surface area (TPSA) is 49.6 Å². The number of nitrogens with one attached hydrogen (secondary N) is 1. The minimum Gasteiger partial charge on any atom is -0.313 e. The van der Waals surface area contributed by atoms with Gasteiger partial charge in [-0.05, 0) is 43.2 Å². The van der Waals surface area contributed by atoms with Gasteiger partial charge in [-0.15, -0.1) is 0 Å². The highest BCUT2D eigenvalue weighted by Gasteiger charge is 2.35. The van der Waals surface area contributed by atoms with Crippen LogP contribution < -0.4 is 0 Å². The Balaban J connectivity index is 0.000000242. The molecule has 1 fully saturated rings. The van der Waals surface area contributed by atoms with Crippen LogP contribution in [0.15, 0.2) is 85.5 Å². The second kappa shape index (κ2) is 11.7. The zero-order valence-corrected chi connectivity index (χ0v) is 16.1. The summed E-state index contributed by atoms with van der Waals surface area (Å²) in [6.45, 7) is 1.67. The van der Waals surface area contributed by atoms with Gasteiger partial charge in [0.15, 0.2) is 0 Å². The highest BCUT2D eigenvalue weighted by Crippen LogP contribution is 2.44. The quantitative estimate of drug-likeness (QED) is 0.565. The van der Waals surface area contributed by atoms with Gasteiger partial charge in [0.1, 0.15) is 6.33 Å². The SMILES string of the molecule is CC=N.c1ccc(C2(c3ccccc3)CCCCC2)cc1.c1cncnc1. The lowest BCUT2D eigenvalue weighted by Gasteiger charge is -2.38. The van der Waals surface area contributed by atoms with Gasteiger partial charge in [-0.2, -0.15) is 0 Å². The summed E-state index contributed by atoms with van der Waals surface area (Å²) in [6.07, 6.45) is 12.8. The standard InChI is InChI=1S/C18H20.C4H4N2.C2H5N/c1-4-10-16(11-5-1)18(14-8-3-9-15-18)17-12-6-2-7-13-17;1-2-5-4-6-3-1;1-2-3/h1-2,4-7,10-13H,3,8-9,14-15H2;1-4H;2-3H,1H3. The minimum absolute atomic E-state index is 0.265. The zero-order chi connectivity index (χ0) is 19.2. The van der Waals surface area contributed by atoms with E-state index in [1.165, 1.54) is 55.8 Å². The first-order chi connectivity index (χ1) is 13.3. The van der Waals surface area contributed by atoms with E-state index in [1.54, 1.807) is 25.4 Å². The largest absolute Gasteiger partial charge is 0.313 e. The van der Waals surface area contributed by atoms with Crippen LogP contribution in [-0.4, -0.2) is 16.2 Å². The minimum atomic E-state index is 0.265. The van der Waals surface area contributed by atoms with Crippen LogP contribution in [0.5, 0.6) is 0 Å². The monoisotopic (exact) mass is 359 g/mol. The molecule has 2 aromatic carbocycles. The van der Waals surface area contributed by atoms with Gasteiger partial charge >= 0.3 is 0 Å². The number of hydrogen-bond donors (Lipinski definition) is 1. The van der Waals surface area contributed by atoms with Crippen LogP contribution in [0.3, 0.4) is 0 Å². The van der Waals surface area contributed by atoms with Crippen molar-refractivity contribution in [2.45, 2.75) is 44.4 Å². The molecule has 0 spiro atoms. The van der Waals surface area contributed by atoms with Gasteiger partial charge in [0.05, 0.1) is 0 Å². The van der Waals surface area contributed by atoms with Gasteiger partial charge in [0, 0.05) is 17.8 Å². The number of hydrogen-bond acceptors (Lipinski definition) is 3. The van der Waals surface area contributed by atoms with Crippen molar-refractivity contribution in [3.63, 3.8) is 0 Å². The lowest BCUT2D eigenvalue weighted by Crippen LogP contribution is -2.30. The average Bonchev–Trinajstić information content (AvgIpc) is 2.78. The molecule has 1 heterocycles. The Bertz CT molecular complexity index is 668. The van der Waals surface area contributed by atoms with Gasteiger partial charge < -0.3 is 5.41 Å². The molecule has 27 heavy (non-hydrogen) atoms. The Labute approximate surface area is 163 Å². The highest BCUT2D eigenvalue weighted by molar-refractivity contribution is 5.48. The van der Waals surface area contributed by atoms with Crippen LogP contribution in [0, 0.1) is 5.41 Å². The third kappa shape index (κ3) is 6.14. The van der Waals surface area contributed by atoms with Crippen molar-refractivity contribution in [1.29, 1.82) is 5.41 Å². The number of nitrogens with zero attached hydrogens (tertiary/aromatic N) is 2. The van der Waals surface area contributed by atoms with Crippen molar-refractivity contribution in [1.82, 2.24) is 9.97 Å². The van der Waals surface area contributed by atoms with Gasteiger partial charge in [0.2, 0.25) is 0 Å². The molecule has 4 rings (SSSR count). The Morgan fingerprint density at radius 3 is 1.52 bits per heavy atom. The predicted molar refractivity (Wildman–Crippen MR) is 113 cm³/mol. The molecular formula is C24H29N3. The fourth-order valence-corrected chi connectivity index (χ4v) is 3.67. The van der Waals surface area contributed by atoms with E-state index in [0.29, 0.717) is 0 Å². The molecule has 0 amide bonds. The maximum atomic E-state index is 6.08. The molecule has 0 aliphatic heterocycles. The summed E-state index contributed by atoms with van der Waals surface area (Å²) < 4.78 is 0. The van der Waals surface area contributed by atoms with Crippen LogP contribution in [0.4, 0.5) is 0 Å². The first kappa shape index (κ1) is 20.5. The maximum absolute atomic E-state index is 6.08. The molecule has 3 aromatic rings. The Kier molecular flexibility index (Phi) is 8.91. The fraction of sp³-hybridized carbons (Fsp3) is 0.292. The van der Waals surface area contributed by atoms with Gasteiger partial charge in [0.25, 0.3) is 0 Å². The molecule has 0 radical (unpaired) electrons. The predicted octanol–water partition coefficient (Wildman–Crippen LogP) is 6.07. The van der Waals surface area contributed by atoms with Gasteiger partial charge in [-0.25, -0.2) is 9.97 Å². The lowest BCUT2D eigenvalue weighted by molar-refractivity contribution is 0.346. The van der Waals surface area contributed by atoms with Gasteiger partial charge in [-0.3, -0.25) is 0 Å². The number of benzene rings is 2. The van der Waals surface area contributed by atoms with E-state index in [9.17, 15) is 0 Å². The van der Waals surface area contributed by atoms with Crippen LogP contribution >= 0.6 is 0 Å². The molecular weight excluding hydrogens is 330 g/mol. The van der Waals surface area contributed by atoms with Crippen molar-refractivity contribution in [2.24, 2.45) is 0 Å². The third-order valence-electron chi connectivity index (χ3n) is 4.84. The first-order valence-electron chi connectivity index (χ1n) is 9.59. The molecule has 140 valence electrons. The van der Waals surface area contributed by atoms with Crippen molar-refractivity contribution in [2.75, 3.05) is 0 Å². The molecule has 1 aliphatic rings. The van der Waals surface area contributed by atoms with E-state index in [0.717, 1.165) is 0 Å². The van der Waals surface area contributed by atoms with Crippen molar-refractivity contribution >= 4 is 6.21 Å². The Hall–Kier alpha value is -2.81. The van der Waals surface area contributed by atoms with E-state index in [1.807, 2.05) is 0 Å². The second-order valence-electron chi connectivity index (χ2n) is 6.57. The van der Waals surface area contributed by atoms with Crippen molar-refractivity contribution in [3.8, 4) is 0 Å². The summed E-state index contributed by atoms with van der Waals surface area (Å²) >= 11 is 0. The van der Waals surface area contributed by atoms with Crippen molar-refractivity contribution in [3.05, 3.63) is 96.6 Å². The highest BCUT2D eigenvalue weighted by atomic mass is 14.8. The number of aromatic nitrogens is 2. The molecule has 0 bridgehead atoms. The van der Waals surface area contributed by atoms with Gasteiger partial charge in [-0.1, -0.05) is 79.9 Å². The van der Waals surface area contributed by atoms with Crippen LogP contribution in [0.1, 0.15) is 50.2 Å². The fourth-order valence-electron chi connectivity index (χ4n) is 3.67. The molecule has 1 aromatic heterocycles. The summed E-state index contributed by atoms with van der Waals surface area (Å²) in [7, 11) is 0. The van der Waals surface area contributed by atoms with Crippen LogP contribution in [0.2, 0.25) is 0 Å². The molecule has 1 aliphatic carbocycles. The first-order valence-corrected chi connectivity index (χ1v) is 9.59. The van der Waals surface area contributed by atoms with Crippen LogP contribution in [-0.2, 0) is 5.41 Å². The summed E-state index contributed by atoms with van der Waals surface area (Å²) in [5.41, 5.74) is 3.26. The normalized spacial score (nSPS) is 14.6. The summed E-state index contributed by atoms with van der Waals surface area (Å²) in [5.74, 6) is 0. The Morgan fingerprint density at radius 2 is 1.19 bits per heavy atom. The van der Waals surface area contributed by atoms with E-state index < -0.39 is 0 Å². The Morgan fingerprint density at radius 1 is 0.741 bits per heavy atom. The lowest BCUT2D eigenvalue weighted by atomic mass is 9.65. The van der Waals surface area contributed by atoms with E-state index in [-0.39, 0.29) is 5.41 Å². The van der Waals surface area contributed by atoms with Crippen molar-refractivity contribution < 1.29 is 0 Å². The van der Waals surface area contributed by atoms with E-state index in [4.69, 9.17) is 5.41 Å². The molecule has 3 heteroatoms. The molecule has 0 saturated heterocycles. The van der Waals surface area contributed by atoms with E-state index in [2.05, 4.69) is 70.6 Å². The zero-order valence-electron chi connectivity index (χ0n) is 16.1. The molecule has 3 nitrogen and oxygen atoms in total. The molecule has 0 atom stereocenters.